The lowest BCUT2D eigenvalue weighted by Gasteiger charge is -2.24. The van der Waals surface area contributed by atoms with Gasteiger partial charge in [0.05, 0.1) is 81.6 Å². The van der Waals surface area contributed by atoms with Crippen LogP contribution in [0.25, 0.3) is 0 Å². The zero-order valence-electron chi connectivity index (χ0n) is 38.3. The Morgan fingerprint density at radius 2 is 0.829 bits per heavy atom. The Bertz CT molecular complexity index is 2290. The number of anilines is 4. The molecular formula is C41H46I6N6O17. The van der Waals surface area contributed by atoms with E-state index in [4.69, 9.17) is 37.9 Å². The lowest BCUT2D eigenvalue weighted by molar-refractivity contribution is -0.155. The molecule has 4 atom stereocenters. The van der Waals surface area contributed by atoms with Crippen LogP contribution in [0, 0.1) is 21.4 Å². The van der Waals surface area contributed by atoms with Crippen molar-refractivity contribution in [3.8, 4) is 0 Å². The Balaban J connectivity index is 1.79. The predicted octanol–water partition coefficient (Wildman–Crippen LogP) is 5.59. The molecule has 2 fully saturated rings. The van der Waals surface area contributed by atoms with Crippen molar-refractivity contribution in [1.82, 2.24) is 10.6 Å². The molecule has 384 valence electrons. The molecular weight excluding hydrogens is 1610 g/mol. The quantitative estimate of drug-likeness (QED) is 0.0602. The van der Waals surface area contributed by atoms with Gasteiger partial charge in [0.25, 0.3) is 23.6 Å². The second kappa shape index (κ2) is 26.3. The van der Waals surface area contributed by atoms with Gasteiger partial charge in [-0.3, -0.25) is 38.4 Å². The highest BCUT2D eigenvalue weighted by molar-refractivity contribution is 14.1. The molecule has 0 saturated carbocycles. The van der Waals surface area contributed by atoms with E-state index in [2.05, 4.69) is 31.9 Å². The van der Waals surface area contributed by atoms with Crippen LogP contribution in [0.1, 0.15) is 76.1 Å². The maximum atomic E-state index is 14.4. The molecule has 0 aromatic heterocycles. The van der Waals surface area contributed by atoms with Gasteiger partial charge in [-0.15, -0.1) is 0 Å². The van der Waals surface area contributed by atoms with Gasteiger partial charge in [-0.05, 0) is 163 Å². The Morgan fingerprint density at radius 1 is 0.514 bits per heavy atom. The standard InChI is InChI=1S/C41H46I6N6O17/c1-15(54)63-11-19(67-17(3)56)9-48-37(60)23-25(42)31(50-35(58)21-13-65-40(5,6)69-21)29(46)33(27(23)44)52-39(62)53-34-28(45)24(38(61)49-10-20(68-18(4)57)12-64-16(2)55)26(43)32(30(34)47)51-36(59)22-14-66-41(7,8)70-22/h19-22H,9-14H2,1-8H3,(H,48,60)(H,49,61)(H,50,58)(H,51,59)(H2,52,53,62). The zero-order valence-corrected chi connectivity index (χ0v) is 51.2. The summed E-state index contributed by atoms with van der Waals surface area (Å²) in [7, 11) is 0. The van der Waals surface area contributed by atoms with Crippen molar-refractivity contribution in [3.05, 3.63) is 32.5 Å². The highest BCUT2D eigenvalue weighted by Crippen LogP contribution is 2.42. The van der Waals surface area contributed by atoms with E-state index in [1.54, 1.807) is 27.7 Å². The number of amides is 6. The summed E-state index contributed by atoms with van der Waals surface area (Å²) in [6.07, 6.45) is -4.24. The molecule has 6 N–H and O–H groups in total. The lowest BCUT2D eigenvalue weighted by Crippen LogP contribution is -2.39. The summed E-state index contributed by atoms with van der Waals surface area (Å²) in [5, 5.41) is 16.5. The molecule has 0 radical (unpaired) electrons. The molecule has 29 heteroatoms. The number of carbonyl (C=O) groups is 9. The molecule has 2 saturated heterocycles. The van der Waals surface area contributed by atoms with Gasteiger partial charge < -0.3 is 69.8 Å². The average molecular weight is 1660 g/mol. The molecule has 4 unspecified atom stereocenters. The number of ether oxygens (including phenoxy) is 8. The van der Waals surface area contributed by atoms with E-state index in [0.29, 0.717) is 0 Å². The molecule has 4 rings (SSSR count). The Morgan fingerprint density at radius 3 is 1.10 bits per heavy atom. The minimum Gasteiger partial charge on any atom is -0.462 e. The second-order valence-corrected chi connectivity index (χ2v) is 22.3. The van der Waals surface area contributed by atoms with Crippen LogP contribution in [0.3, 0.4) is 0 Å². The molecule has 23 nitrogen and oxygen atoms in total. The molecule has 2 aliphatic heterocycles. The van der Waals surface area contributed by atoms with Crippen LogP contribution in [-0.2, 0) is 66.7 Å². The number of urea groups is 1. The Labute approximate surface area is 482 Å². The van der Waals surface area contributed by atoms with Gasteiger partial charge in [0.15, 0.2) is 36.0 Å². The molecule has 0 bridgehead atoms. The minimum atomic E-state index is -1.07. The van der Waals surface area contributed by atoms with Crippen LogP contribution in [-0.4, -0.2) is 129 Å². The number of hydrogen-bond acceptors (Lipinski definition) is 17. The average Bonchev–Trinajstić information content (AvgIpc) is 3.82. The van der Waals surface area contributed by atoms with Crippen molar-refractivity contribution in [3.63, 3.8) is 0 Å². The van der Waals surface area contributed by atoms with Crippen LogP contribution in [0.5, 0.6) is 0 Å². The molecule has 0 aliphatic carbocycles. The topological polar surface area (TPSA) is 300 Å². The smallest absolute Gasteiger partial charge is 0.323 e. The third-order valence-corrected chi connectivity index (χ3v) is 15.7. The summed E-state index contributed by atoms with van der Waals surface area (Å²) in [4.78, 5) is 117. The molecule has 6 amide bonds. The highest BCUT2D eigenvalue weighted by atomic mass is 127. The summed E-state index contributed by atoms with van der Waals surface area (Å²) in [5.74, 6) is -7.49. The first kappa shape index (κ1) is 60.2. The van der Waals surface area contributed by atoms with Crippen molar-refractivity contribution in [2.24, 2.45) is 0 Å². The van der Waals surface area contributed by atoms with Crippen molar-refractivity contribution in [1.29, 1.82) is 0 Å². The van der Waals surface area contributed by atoms with Crippen LogP contribution >= 0.6 is 136 Å². The molecule has 70 heavy (non-hydrogen) atoms. The summed E-state index contributed by atoms with van der Waals surface area (Å²) < 4.78 is 44.6. The maximum absolute atomic E-state index is 14.4. The first-order valence-electron chi connectivity index (χ1n) is 20.4. The van der Waals surface area contributed by atoms with E-state index < -0.39 is 89.5 Å². The van der Waals surface area contributed by atoms with E-state index in [1.165, 1.54) is 13.8 Å². The zero-order chi connectivity index (χ0) is 52.6. The number of rotatable bonds is 18. The van der Waals surface area contributed by atoms with E-state index in [1.807, 2.05) is 136 Å². The number of nitrogens with one attached hydrogen (secondary N) is 6. The number of hydrogen-bond donors (Lipinski definition) is 6. The van der Waals surface area contributed by atoms with E-state index in [0.717, 1.165) is 13.8 Å². The SMILES string of the molecule is CC(=O)OCC(CNC(=O)c1c(I)c(NC(=O)Nc2c(I)c(NC(=O)C3COC(C)(C)O3)c(I)c(C(=O)NCC(COC(C)=O)OC(C)=O)c2I)c(I)c(NC(=O)C2COC(C)(C)O2)c1I)OC(C)=O. The number of carbonyl (C=O) groups excluding carboxylic acids is 9. The highest BCUT2D eigenvalue weighted by Gasteiger charge is 2.40. The molecule has 2 aromatic rings. The summed E-state index contributed by atoms with van der Waals surface area (Å²) in [5.41, 5.74) is 0.284. The maximum Gasteiger partial charge on any atom is 0.323 e. The van der Waals surface area contributed by atoms with Gasteiger partial charge in [-0.25, -0.2) is 4.79 Å². The summed E-state index contributed by atoms with van der Waals surface area (Å²) >= 11 is 11.3. The van der Waals surface area contributed by atoms with Crippen molar-refractivity contribution in [2.75, 3.05) is 60.8 Å². The van der Waals surface area contributed by atoms with E-state index in [-0.39, 0.29) is 94.8 Å². The lowest BCUT2D eigenvalue weighted by atomic mass is 10.1. The second-order valence-electron chi connectivity index (χ2n) is 15.8. The summed E-state index contributed by atoms with van der Waals surface area (Å²) in [6.45, 7) is 9.73. The monoisotopic (exact) mass is 1660 g/mol. The molecule has 2 heterocycles. The fraction of sp³-hybridized carbons (Fsp3) is 0.488. The van der Waals surface area contributed by atoms with E-state index in [9.17, 15) is 43.2 Å². The number of halogens is 6. The van der Waals surface area contributed by atoms with Crippen LogP contribution in [0.4, 0.5) is 27.5 Å². The first-order valence-corrected chi connectivity index (χ1v) is 26.9. The normalized spacial score (nSPS) is 17.5. The summed E-state index contributed by atoms with van der Waals surface area (Å²) in [6, 6.07) is -0.905. The van der Waals surface area contributed by atoms with Crippen LogP contribution in [0.15, 0.2) is 0 Å². The van der Waals surface area contributed by atoms with Crippen molar-refractivity contribution in [2.45, 2.75) is 91.4 Å². The van der Waals surface area contributed by atoms with Gasteiger partial charge in [-0.2, -0.15) is 0 Å². The van der Waals surface area contributed by atoms with Crippen molar-refractivity contribution >= 4 is 212 Å². The van der Waals surface area contributed by atoms with Crippen molar-refractivity contribution < 1.29 is 81.0 Å². The van der Waals surface area contributed by atoms with E-state index >= 15 is 0 Å². The number of esters is 4. The van der Waals surface area contributed by atoms with Gasteiger partial charge in [0, 0.05) is 27.7 Å². The van der Waals surface area contributed by atoms with Gasteiger partial charge in [0.1, 0.15) is 13.2 Å². The fourth-order valence-electron chi connectivity index (χ4n) is 6.21. The molecule has 0 spiro atoms. The molecule has 2 aromatic carbocycles. The van der Waals surface area contributed by atoms with Gasteiger partial charge in [0.2, 0.25) is 0 Å². The largest absolute Gasteiger partial charge is 0.462 e. The number of benzene rings is 2. The Kier molecular flexibility index (Phi) is 22.6. The first-order chi connectivity index (χ1) is 32.5. The minimum absolute atomic E-state index is 0.0189. The third-order valence-electron chi connectivity index (χ3n) is 9.25. The van der Waals surface area contributed by atoms with Crippen LogP contribution < -0.4 is 31.9 Å². The van der Waals surface area contributed by atoms with Gasteiger partial charge in [-0.1, -0.05) is 0 Å². The third kappa shape index (κ3) is 16.9. The van der Waals surface area contributed by atoms with Gasteiger partial charge >= 0.3 is 29.9 Å². The predicted molar refractivity (Wildman–Crippen MR) is 298 cm³/mol. The fourth-order valence-corrected chi connectivity index (χ4v) is 14.6. The molecule has 2 aliphatic rings. The Hall–Kier alpha value is -2.31. The van der Waals surface area contributed by atoms with Crippen LogP contribution in [0.2, 0.25) is 0 Å².